The maximum Gasteiger partial charge on any atom is 0.416 e. The van der Waals surface area contributed by atoms with Crippen molar-refractivity contribution in [3.05, 3.63) is 82.9 Å². The number of carbonyl (C=O) groups is 1. The molecule has 1 aliphatic rings. The van der Waals surface area contributed by atoms with Crippen LogP contribution in [-0.4, -0.2) is 35.5 Å². The van der Waals surface area contributed by atoms with Crippen molar-refractivity contribution in [2.24, 2.45) is 4.99 Å². The number of ether oxygens (including phenoxy) is 1. The lowest BCUT2D eigenvalue weighted by Crippen LogP contribution is -2.44. The molecule has 0 atom stereocenters. The molecule has 1 heterocycles. The summed E-state index contributed by atoms with van der Waals surface area (Å²) in [5.41, 5.74) is 4.31. The van der Waals surface area contributed by atoms with Crippen molar-refractivity contribution in [3.8, 4) is 0 Å². The summed E-state index contributed by atoms with van der Waals surface area (Å²) in [4.78, 5) is 19.4. The molecule has 0 saturated carbocycles. The van der Waals surface area contributed by atoms with Gasteiger partial charge in [0.05, 0.1) is 0 Å². The molecule has 0 unspecified atom stereocenters. The molecule has 3 aromatic carbocycles. The second-order valence-electron chi connectivity index (χ2n) is 9.43. The van der Waals surface area contributed by atoms with E-state index in [9.17, 15) is 4.79 Å². The molecule has 0 saturated heterocycles. The van der Waals surface area contributed by atoms with Gasteiger partial charge in [-0.15, -0.1) is 0 Å². The number of benzene rings is 3. The Morgan fingerprint density at radius 1 is 1.00 bits per heavy atom. The van der Waals surface area contributed by atoms with Crippen LogP contribution in [0.5, 0.6) is 0 Å². The minimum absolute atomic E-state index is 0.322. The summed E-state index contributed by atoms with van der Waals surface area (Å²) < 4.78 is 5.68. The van der Waals surface area contributed by atoms with Crippen LogP contribution in [0.15, 0.2) is 65.7 Å². The Hall–Kier alpha value is -3.14. The average Bonchev–Trinajstić information content (AvgIpc) is 2.77. The number of hydrogen-bond acceptors (Lipinski definition) is 3. The van der Waals surface area contributed by atoms with Crippen molar-refractivity contribution >= 4 is 22.7 Å². The Morgan fingerprint density at radius 2 is 1.75 bits per heavy atom. The minimum atomic E-state index is -0.538. The van der Waals surface area contributed by atoms with Gasteiger partial charge in [0.25, 0.3) is 0 Å². The number of hydrogen-bond donors (Lipinski definition) is 0. The zero-order chi connectivity index (χ0) is 22.7. The molecule has 0 spiro atoms. The molecular formula is C28H32N2O2. The van der Waals surface area contributed by atoms with Gasteiger partial charge in [0.15, 0.2) is 0 Å². The van der Waals surface area contributed by atoms with E-state index in [0.29, 0.717) is 6.54 Å². The Morgan fingerprint density at radius 3 is 2.56 bits per heavy atom. The standard InChI is InChI=1S/C28H32N2O2/c1-20-10-7-15-25(26-29-18-9-19-30(26)27(31)32-28(2,3)4)23(20)17-16-22-13-8-12-21-11-5-6-14-24(21)22/h5-8,10-15H,9,16-19H2,1-4H3. The quantitative estimate of drug-likeness (QED) is 0.488. The molecule has 3 aromatic rings. The van der Waals surface area contributed by atoms with Crippen LogP contribution in [0, 0.1) is 6.92 Å². The molecule has 0 bridgehead atoms. The fourth-order valence-corrected chi connectivity index (χ4v) is 4.34. The number of rotatable bonds is 4. The first kappa shape index (κ1) is 22.1. The summed E-state index contributed by atoms with van der Waals surface area (Å²) in [5.74, 6) is 0.738. The molecule has 4 heteroatoms. The Balaban J connectivity index is 1.65. The summed E-state index contributed by atoms with van der Waals surface area (Å²) in [6.45, 7) is 9.19. The average molecular weight is 429 g/mol. The number of amides is 1. The number of aliphatic imine (C=N–C) groups is 1. The largest absolute Gasteiger partial charge is 0.443 e. The van der Waals surface area contributed by atoms with E-state index in [1.54, 1.807) is 4.90 Å². The van der Waals surface area contributed by atoms with Crippen LogP contribution < -0.4 is 0 Å². The van der Waals surface area contributed by atoms with Crippen molar-refractivity contribution in [3.63, 3.8) is 0 Å². The monoisotopic (exact) mass is 428 g/mol. The highest BCUT2D eigenvalue weighted by atomic mass is 16.6. The van der Waals surface area contributed by atoms with Crippen molar-refractivity contribution in [2.45, 2.75) is 52.6 Å². The topological polar surface area (TPSA) is 41.9 Å². The van der Waals surface area contributed by atoms with Gasteiger partial charge >= 0.3 is 6.09 Å². The molecule has 0 aromatic heterocycles. The van der Waals surface area contributed by atoms with Crippen LogP contribution in [-0.2, 0) is 17.6 Å². The third-order valence-electron chi connectivity index (χ3n) is 5.85. The first-order valence-corrected chi connectivity index (χ1v) is 11.4. The summed E-state index contributed by atoms with van der Waals surface area (Å²) >= 11 is 0. The zero-order valence-electron chi connectivity index (χ0n) is 19.5. The number of aryl methyl sites for hydroxylation is 2. The van der Waals surface area contributed by atoms with Crippen LogP contribution in [0.1, 0.15) is 49.4 Å². The lowest BCUT2D eigenvalue weighted by Gasteiger charge is -2.31. The van der Waals surface area contributed by atoms with Crippen LogP contribution in [0.3, 0.4) is 0 Å². The summed E-state index contributed by atoms with van der Waals surface area (Å²) in [7, 11) is 0. The highest BCUT2D eigenvalue weighted by molar-refractivity contribution is 6.08. The molecule has 4 nitrogen and oxygen atoms in total. The van der Waals surface area contributed by atoms with Crippen LogP contribution in [0.2, 0.25) is 0 Å². The summed E-state index contributed by atoms with van der Waals surface area (Å²) in [6, 6.07) is 21.3. The zero-order valence-corrected chi connectivity index (χ0v) is 19.5. The molecule has 32 heavy (non-hydrogen) atoms. The van der Waals surface area contributed by atoms with E-state index in [1.165, 1.54) is 27.5 Å². The first-order chi connectivity index (χ1) is 15.3. The molecule has 166 valence electrons. The van der Waals surface area contributed by atoms with Crippen molar-refractivity contribution in [1.29, 1.82) is 0 Å². The second-order valence-corrected chi connectivity index (χ2v) is 9.43. The van der Waals surface area contributed by atoms with Gasteiger partial charge < -0.3 is 4.74 Å². The maximum absolute atomic E-state index is 12.9. The first-order valence-electron chi connectivity index (χ1n) is 11.4. The predicted molar refractivity (Wildman–Crippen MR) is 131 cm³/mol. The molecular weight excluding hydrogens is 396 g/mol. The smallest absolute Gasteiger partial charge is 0.416 e. The fraction of sp³-hybridized carbons (Fsp3) is 0.357. The second kappa shape index (κ2) is 9.15. The number of fused-ring (bicyclic) bond motifs is 1. The van der Waals surface area contributed by atoms with Crippen molar-refractivity contribution in [2.75, 3.05) is 13.1 Å². The molecule has 0 N–H and O–H groups in total. The van der Waals surface area contributed by atoms with Gasteiger partial charge in [-0.25, -0.2) is 4.79 Å². The van der Waals surface area contributed by atoms with Crippen LogP contribution in [0.25, 0.3) is 10.8 Å². The van der Waals surface area contributed by atoms with Crippen molar-refractivity contribution in [1.82, 2.24) is 4.90 Å². The van der Waals surface area contributed by atoms with Gasteiger partial charge in [-0.05, 0) is 74.4 Å². The van der Waals surface area contributed by atoms with E-state index in [4.69, 9.17) is 9.73 Å². The molecule has 1 amide bonds. The minimum Gasteiger partial charge on any atom is -0.443 e. The third kappa shape index (κ3) is 4.85. The molecule has 1 aliphatic heterocycles. The highest BCUT2D eigenvalue weighted by Crippen LogP contribution is 2.25. The lowest BCUT2D eigenvalue weighted by molar-refractivity contribution is 0.0363. The summed E-state index contributed by atoms with van der Waals surface area (Å²) in [6.07, 6.45) is 2.34. The molecule has 0 radical (unpaired) electrons. The predicted octanol–water partition coefficient (Wildman–Crippen LogP) is 6.32. The van der Waals surface area contributed by atoms with Crippen LogP contribution >= 0.6 is 0 Å². The Labute approximate surface area is 190 Å². The van der Waals surface area contributed by atoms with E-state index < -0.39 is 5.60 Å². The van der Waals surface area contributed by atoms with Gasteiger partial charge in [-0.2, -0.15) is 0 Å². The third-order valence-corrected chi connectivity index (χ3v) is 5.85. The molecule has 0 fully saturated rings. The maximum atomic E-state index is 12.9. The van der Waals surface area contributed by atoms with Gasteiger partial charge in [0.1, 0.15) is 11.4 Å². The Bertz CT molecular complexity index is 1150. The van der Waals surface area contributed by atoms with Gasteiger partial charge in [0.2, 0.25) is 0 Å². The van der Waals surface area contributed by atoms with Crippen molar-refractivity contribution < 1.29 is 9.53 Å². The fourth-order valence-electron chi connectivity index (χ4n) is 4.34. The summed E-state index contributed by atoms with van der Waals surface area (Å²) in [5, 5.41) is 2.57. The van der Waals surface area contributed by atoms with E-state index >= 15 is 0 Å². The SMILES string of the molecule is Cc1cccc(C2=NCCCN2C(=O)OC(C)(C)C)c1CCc1cccc2ccccc12. The number of nitrogens with zero attached hydrogens (tertiary/aromatic N) is 2. The van der Waals surface area contributed by atoms with E-state index in [2.05, 4.69) is 67.6 Å². The van der Waals surface area contributed by atoms with E-state index in [0.717, 1.165) is 37.2 Å². The number of carbonyl (C=O) groups excluding carboxylic acids is 1. The van der Waals surface area contributed by atoms with Gasteiger partial charge in [0, 0.05) is 18.7 Å². The van der Waals surface area contributed by atoms with Gasteiger partial charge in [-0.3, -0.25) is 9.89 Å². The highest BCUT2D eigenvalue weighted by Gasteiger charge is 2.29. The van der Waals surface area contributed by atoms with Crippen LogP contribution in [0.4, 0.5) is 4.79 Å². The lowest BCUT2D eigenvalue weighted by atomic mass is 9.92. The molecule has 0 aliphatic carbocycles. The normalized spacial score (nSPS) is 14.4. The molecule has 4 rings (SSSR count). The van der Waals surface area contributed by atoms with Gasteiger partial charge in [-0.1, -0.05) is 60.7 Å². The van der Waals surface area contributed by atoms with E-state index in [-0.39, 0.29) is 6.09 Å². The van der Waals surface area contributed by atoms with E-state index in [1.807, 2.05) is 20.8 Å². The Kier molecular flexibility index (Phi) is 6.31. The number of amidine groups is 1.